The molecule has 0 aliphatic rings. The molecule has 0 aliphatic heterocycles. The van der Waals surface area contributed by atoms with Crippen LogP contribution in [0.1, 0.15) is 0 Å². The number of hydrogen-bond donors (Lipinski definition) is 1. The molecule has 2 aromatic heterocycles. The summed E-state index contributed by atoms with van der Waals surface area (Å²) in [4.78, 5) is 12.1. The fourth-order valence-electron chi connectivity index (χ4n) is 2.04. The first kappa shape index (κ1) is 15.9. The van der Waals surface area contributed by atoms with E-state index in [1.54, 1.807) is 42.9 Å². The van der Waals surface area contributed by atoms with Crippen LogP contribution in [-0.4, -0.2) is 30.5 Å². The van der Waals surface area contributed by atoms with Crippen molar-refractivity contribution in [2.45, 2.75) is 4.90 Å². The molecule has 0 saturated carbocycles. The summed E-state index contributed by atoms with van der Waals surface area (Å²) >= 11 is 0. The number of nitrogens with one attached hydrogen (secondary N) is 1. The van der Waals surface area contributed by atoms with Gasteiger partial charge in [0.15, 0.2) is 0 Å². The number of benzene rings is 1. The van der Waals surface area contributed by atoms with Gasteiger partial charge in [0.1, 0.15) is 17.9 Å². The number of anilines is 1. The molecule has 0 spiro atoms. The second-order valence-corrected chi connectivity index (χ2v) is 6.53. The second kappa shape index (κ2) is 6.63. The Balaban J connectivity index is 1.82. The zero-order valence-electron chi connectivity index (χ0n) is 12.7. The molecule has 0 amide bonds. The van der Waals surface area contributed by atoms with Crippen LogP contribution in [0.25, 0.3) is 11.1 Å². The minimum absolute atomic E-state index is 0.101. The molecule has 0 radical (unpaired) electrons. The quantitative estimate of drug-likeness (QED) is 0.765. The summed E-state index contributed by atoms with van der Waals surface area (Å²) in [5.74, 6) is 0.684. The fraction of sp³-hybridized carbons (Fsp3) is 0.0625. The van der Waals surface area contributed by atoms with Crippen LogP contribution in [0.5, 0.6) is 5.75 Å². The summed E-state index contributed by atoms with van der Waals surface area (Å²) in [7, 11) is -2.26. The van der Waals surface area contributed by atoms with Gasteiger partial charge in [0.2, 0.25) is 0 Å². The number of hydrogen-bond acceptors (Lipinski definition) is 6. The van der Waals surface area contributed by atoms with Crippen LogP contribution in [0.15, 0.2) is 66.2 Å². The van der Waals surface area contributed by atoms with Crippen molar-refractivity contribution in [3.05, 3.63) is 61.3 Å². The number of pyridine rings is 1. The van der Waals surface area contributed by atoms with Gasteiger partial charge in [-0.2, -0.15) is 0 Å². The van der Waals surface area contributed by atoms with E-state index in [0.717, 1.165) is 11.1 Å². The van der Waals surface area contributed by atoms with E-state index >= 15 is 0 Å². The van der Waals surface area contributed by atoms with Crippen LogP contribution in [0.2, 0.25) is 0 Å². The second-order valence-electron chi connectivity index (χ2n) is 4.84. The van der Waals surface area contributed by atoms with E-state index < -0.39 is 10.0 Å². The minimum Gasteiger partial charge on any atom is -0.497 e. The van der Waals surface area contributed by atoms with Crippen molar-refractivity contribution in [1.82, 2.24) is 15.0 Å². The predicted octanol–water partition coefficient (Wildman–Crippen LogP) is 2.35. The van der Waals surface area contributed by atoms with Gasteiger partial charge in [0.05, 0.1) is 12.0 Å². The third-order valence-corrected chi connectivity index (χ3v) is 4.60. The molecule has 0 fully saturated rings. The highest BCUT2D eigenvalue weighted by Crippen LogP contribution is 2.21. The Morgan fingerprint density at radius 2 is 1.79 bits per heavy atom. The summed E-state index contributed by atoms with van der Waals surface area (Å²) in [6.07, 6.45) is 6.31. The zero-order chi connectivity index (χ0) is 17.0. The fourth-order valence-corrected chi connectivity index (χ4v) is 3.08. The van der Waals surface area contributed by atoms with E-state index in [0.29, 0.717) is 5.75 Å². The van der Waals surface area contributed by atoms with Gasteiger partial charge in [0.25, 0.3) is 10.0 Å². The minimum atomic E-state index is -3.74. The summed E-state index contributed by atoms with van der Waals surface area (Å²) < 4.78 is 32.3. The summed E-state index contributed by atoms with van der Waals surface area (Å²) in [5.41, 5.74) is 1.59. The number of sulfonamides is 1. The summed E-state index contributed by atoms with van der Waals surface area (Å²) in [6, 6.07) is 9.54. The van der Waals surface area contributed by atoms with E-state index in [9.17, 15) is 8.42 Å². The highest BCUT2D eigenvalue weighted by atomic mass is 32.2. The lowest BCUT2D eigenvalue weighted by atomic mass is 10.1. The largest absolute Gasteiger partial charge is 0.497 e. The molecular formula is C16H14N4O3S. The first-order valence-corrected chi connectivity index (χ1v) is 8.45. The molecule has 0 unspecified atom stereocenters. The number of aromatic nitrogens is 3. The molecule has 8 heteroatoms. The van der Waals surface area contributed by atoms with Gasteiger partial charge in [0, 0.05) is 35.8 Å². The van der Waals surface area contributed by atoms with Gasteiger partial charge in [-0.3, -0.25) is 4.72 Å². The molecule has 7 nitrogen and oxygen atoms in total. The van der Waals surface area contributed by atoms with E-state index in [1.165, 1.54) is 25.6 Å². The van der Waals surface area contributed by atoms with Crippen molar-refractivity contribution in [1.29, 1.82) is 0 Å². The Morgan fingerprint density at radius 3 is 2.46 bits per heavy atom. The van der Waals surface area contributed by atoms with Gasteiger partial charge in [-0.1, -0.05) is 6.07 Å². The van der Waals surface area contributed by atoms with Crippen LogP contribution < -0.4 is 9.46 Å². The van der Waals surface area contributed by atoms with E-state index in [2.05, 4.69) is 19.7 Å². The Bertz CT molecular complexity index is 929. The third kappa shape index (κ3) is 3.49. The molecule has 0 atom stereocenters. The Hall–Kier alpha value is -3.00. The van der Waals surface area contributed by atoms with Crippen LogP contribution >= 0.6 is 0 Å². The van der Waals surface area contributed by atoms with Crippen molar-refractivity contribution in [3.8, 4) is 16.9 Å². The highest BCUT2D eigenvalue weighted by molar-refractivity contribution is 7.92. The van der Waals surface area contributed by atoms with Gasteiger partial charge in [-0.25, -0.2) is 23.4 Å². The van der Waals surface area contributed by atoms with Crippen molar-refractivity contribution in [2.24, 2.45) is 0 Å². The van der Waals surface area contributed by atoms with Gasteiger partial charge < -0.3 is 4.74 Å². The average molecular weight is 342 g/mol. The van der Waals surface area contributed by atoms with Crippen LogP contribution in [-0.2, 0) is 10.0 Å². The maximum Gasteiger partial charge on any atom is 0.263 e. The number of ether oxygens (including phenoxy) is 1. The predicted molar refractivity (Wildman–Crippen MR) is 89.1 cm³/mol. The number of rotatable bonds is 5. The molecule has 2 heterocycles. The standard InChI is InChI=1S/C16H14N4O3S/c1-23-14-3-2-4-15(7-14)24(21,22)20-16-6-5-12(10-19-16)13-8-17-11-18-9-13/h2-11H,1H3,(H,19,20). The maximum absolute atomic E-state index is 12.4. The van der Waals surface area contributed by atoms with Crippen molar-refractivity contribution in [2.75, 3.05) is 11.8 Å². The normalized spacial score (nSPS) is 11.0. The molecule has 1 N–H and O–H groups in total. The topological polar surface area (TPSA) is 94.1 Å². The lowest BCUT2D eigenvalue weighted by Crippen LogP contribution is -2.13. The third-order valence-electron chi connectivity index (χ3n) is 3.25. The molecule has 122 valence electrons. The van der Waals surface area contributed by atoms with Crippen molar-refractivity contribution in [3.63, 3.8) is 0 Å². The highest BCUT2D eigenvalue weighted by Gasteiger charge is 2.15. The molecule has 3 aromatic rings. The smallest absolute Gasteiger partial charge is 0.263 e. The SMILES string of the molecule is COc1cccc(S(=O)(=O)Nc2ccc(-c3cncnc3)cn2)c1. The first-order valence-electron chi connectivity index (χ1n) is 6.97. The monoisotopic (exact) mass is 342 g/mol. The van der Waals surface area contributed by atoms with Crippen LogP contribution in [0.3, 0.4) is 0 Å². The molecule has 0 aliphatic carbocycles. The zero-order valence-corrected chi connectivity index (χ0v) is 13.6. The molecule has 3 rings (SSSR count). The maximum atomic E-state index is 12.4. The van der Waals surface area contributed by atoms with Gasteiger partial charge in [-0.05, 0) is 24.3 Å². The Labute approximate surface area is 139 Å². The number of methoxy groups -OCH3 is 1. The van der Waals surface area contributed by atoms with E-state index in [1.807, 2.05) is 0 Å². The molecule has 0 bridgehead atoms. The van der Waals surface area contributed by atoms with Gasteiger partial charge in [-0.15, -0.1) is 0 Å². The van der Waals surface area contributed by atoms with Gasteiger partial charge >= 0.3 is 0 Å². The molecular weight excluding hydrogens is 328 g/mol. The molecule has 0 saturated heterocycles. The lowest BCUT2D eigenvalue weighted by molar-refractivity contribution is 0.413. The summed E-state index contributed by atoms with van der Waals surface area (Å²) in [6.45, 7) is 0. The summed E-state index contributed by atoms with van der Waals surface area (Å²) in [5, 5.41) is 0. The molecule has 1 aromatic carbocycles. The van der Waals surface area contributed by atoms with E-state index in [-0.39, 0.29) is 10.7 Å². The molecule has 24 heavy (non-hydrogen) atoms. The number of nitrogens with zero attached hydrogens (tertiary/aromatic N) is 3. The Morgan fingerprint density at radius 1 is 1.00 bits per heavy atom. The Kier molecular flexibility index (Phi) is 4.39. The van der Waals surface area contributed by atoms with Crippen LogP contribution in [0.4, 0.5) is 5.82 Å². The average Bonchev–Trinajstić information content (AvgIpc) is 2.63. The van der Waals surface area contributed by atoms with Crippen LogP contribution in [0, 0.1) is 0 Å². The lowest BCUT2D eigenvalue weighted by Gasteiger charge is -2.09. The van der Waals surface area contributed by atoms with Crippen molar-refractivity contribution < 1.29 is 13.2 Å². The van der Waals surface area contributed by atoms with E-state index in [4.69, 9.17) is 4.74 Å². The van der Waals surface area contributed by atoms with Crippen molar-refractivity contribution >= 4 is 15.8 Å². The first-order chi connectivity index (χ1) is 11.6.